The summed E-state index contributed by atoms with van der Waals surface area (Å²) in [7, 11) is -2.29. The minimum atomic E-state index is -3.81. The molecule has 0 saturated carbocycles. The summed E-state index contributed by atoms with van der Waals surface area (Å²) in [5.74, 6) is 0.701. The van der Waals surface area contributed by atoms with Gasteiger partial charge >= 0.3 is 0 Å². The van der Waals surface area contributed by atoms with Gasteiger partial charge < -0.3 is 14.5 Å². The molecule has 1 unspecified atom stereocenters. The van der Waals surface area contributed by atoms with Crippen molar-refractivity contribution in [2.45, 2.75) is 23.8 Å². The number of sulfonamides is 1. The lowest BCUT2D eigenvalue weighted by molar-refractivity contribution is -0.119. The van der Waals surface area contributed by atoms with Gasteiger partial charge in [-0.3, -0.25) is 4.79 Å². The zero-order chi connectivity index (χ0) is 23.7. The maximum absolute atomic E-state index is 13.2. The number of fused-ring (bicyclic) bond motifs is 1. The molecule has 0 radical (unpaired) electrons. The lowest BCUT2D eigenvalue weighted by Gasteiger charge is -2.23. The van der Waals surface area contributed by atoms with Crippen LogP contribution in [-0.4, -0.2) is 43.3 Å². The fourth-order valence-electron chi connectivity index (χ4n) is 4.09. The number of anilines is 1. The fraction of sp³-hybridized carbons (Fsp3) is 0.200. The summed E-state index contributed by atoms with van der Waals surface area (Å²) in [6, 6.07) is 20.0. The summed E-state index contributed by atoms with van der Waals surface area (Å²) < 4.78 is 38.5. The molecule has 1 atom stereocenters. The molecule has 1 aliphatic heterocycles. The van der Waals surface area contributed by atoms with Gasteiger partial charge in [0.15, 0.2) is 5.58 Å². The maximum Gasteiger partial charge on any atom is 0.243 e. The molecule has 9 heteroatoms. The van der Waals surface area contributed by atoms with Gasteiger partial charge in [-0.25, -0.2) is 13.4 Å². The Morgan fingerprint density at radius 2 is 1.79 bits per heavy atom. The molecule has 34 heavy (non-hydrogen) atoms. The van der Waals surface area contributed by atoms with Gasteiger partial charge in [-0.2, -0.15) is 4.31 Å². The third kappa shape index (κ3) is 4.15. The topological polar surface area (TPSA) is 102 Å². The van der Waals surface area contributed by atoms with E-state index < -0.39 is 16.1 Å². The van der Waals surface area contributed by atoms with E-state index in [0.29, 0.717) is 42.3 Å². The van der Waals surface area contributed by atoms with Gasteiger partial charge in [-0.15, -0.1) is 0 Å². The predicted molar refractivity (Wildman–Crippen MR) is 128 cm³/mol. The minimum Gasteiger partial charge on any atom is -0.497 e. The van der Waals surface area contributed by atoms with Gasteiger partial charge in [0.05, 0.1) is 12.0 Å². The Morgan fingerprint density at radius 1 is 1.06 bits per heavy atom. The molecule has 2 heterocycles. The molecule has 5 rings (SSSR count). The Morgan fingerprint density at radius 3 is 2.50 bits per heavy atom. The molecule has 3 aromatic carbocycles. The van der Waals surface area contributed by atoms with Gasteiger partial charge in [0.1, 0.15) is 17.3 Å². The smallest absolute Gasteiger partial charge is 0.243 e. The predicted octanol–water partition coefficient (Wildman–Crippen LogP) is 4.30. The largest absolute Gasteiger partial charge is 0.497 e. The van der Waals surface area contributed by atoms with E-state index in [-0.39, 0.29) is 10.8 Å². The lowest BCUT2D eigenvalue weighted by atomic mass is 10.2. The van der Waals surface area contributed by atoms with Crippen molar-refractivity contribution >= 4 is 32.7 Å². The highest BCUT2D eigenvalue weighted by molar-refractivity contribution is 7.89. The molecule has 1 amide bonds. The number of rotatable bonds is 6. The van der Waals surface area contributed by atoms with Crippen molar-refractivity contribution in [2.75, 3.05) is 19.0 Å². The monoisotopic (exact) mass is 477 g/mol. The van der Waals surface area contributed by atoms with E-state index >= 15 is 0 Å². The molecule has 1 saturated heterocycles. The van der Waals surface area contributed by atoms with E-state index in [9.17, 15) is 13.2 Å². The van der Waals surface area contributed by atoms with Crippen molar-refractivity contribution in [3.05, 3.63) is 72.8 Å². The number of para-hydroxylation sites is 2. The third-order valence-electron chi connectivity index (χ3n) is 5.87. The zero-order valence-corrected chi connectivity index (χ0v) is 19.3. The van der Waals surface area contributed by atoms with Crippen LogP contribution in [0.5, 0.6) is 5.75 Å². The second-order valence-electron chi connectivity index (χ2n) is 8.00. The Labute approximate surface area is 197 Å². The van der Waals surface area contributed by atoms with Gasteiger partial charge in [-0.1, -0.05) is 12.1 Å². The summed E-state index contributed by atoms with van der Waals surface area (Å²) in [5, 5.41) is 2.84. The summed E-state index contributed by atoms with van der Waals surface area (Å²) >= 11 is 0. The molecule has 1 fully saturated rings. The number of amides is 1. The average Bonchev–Trinajstić information content (AvgIpc) is 3.52. The first-order valence-corrected chi connectivity index (χ1v) is 12.3. The lowest BCUT2D eigenvalue weighted by Crippen LogP contribution is -2.43. The first kappa shape index (κ1) is 22.1. The molecular weight excluding hydrogens is 454 g/mol. The van der Waals surface area contributed by atoms with Crippen molar-refractivity contribution < 1.29 is 22.4 Å². The van der Waals surface area contributed by atoms with E-state index in [4.69, 9.17) is 9.15 Å². The molecule has 1 aromatic heterocycles. The number of nitrogens with zero attached hydrogens (tertiary/aromatic N) is 2. The highest BCUT2D eigenvalue weighted by Gasteiger charge is 2.39. The number of nitrogens with one attached hydrogen (secondary N) is 1. The van der Waals surface area contributed by atoms with Gasteiger partial charge in [0.2, 0.25) is 21.8 Å². The number of oxazole rings is 1. The molecule has 0 spiro atoms. The van der Waals surface area contributed by atoms with Crippen LogP contribution in [0.2, 0.25) is 0 Å². The number of carbonyl (C=O) groups excluding carboxylic acids is 1. The SMILES string of the molecule is COc1ccc(S(=O)(=O)N2CCCC2C(=O)Nc2ccc(-c3nc4ccccc4o3)cc2)cc1. The van der Waals surface area contributed by atoms with Crippen molar-refractivity contribution in [1.29, 1.82) is 0 Å². The summed E-state index contributed by atoms with van der Waals surface area (Å²) in [6.45, 7) is 0.295. The number of hydrogen-bond donors (Lipinski definition) is 1. The first-order chi connectivity index (χ1) is 16.5. The summed E-state index contributed by atoms with van der Waals surface area (Å²) in [6.07, 6.45) is 1.08. The Balaban J connectivity index is 1.31. The van der Waals surface area contributed by atoms with Crippen LogP contribution in [-0.2, 0) is 14.8 Å². The van der Waals surface area contributed by atoms with Crippen LogP contribution in [0.25, 0.3) is 22.6 Å². The van der Waals surface area contributed by atoms with Crippen molar-refractivity contribution in [3.8, 4) is 17.2 Å². The molecule has 8 nitrogen and oxygen atoms in total. The van der Waals surface area contributed by atoms with Crippen molar-refractivity contribution in [1.82, 2.24) is 9.29 Å². The molecule has 0 aliphatic carbocycles. The molecule has 4 aromatic rings. The second kappa shape index (κ2) is 8.92. The number of aromatic nitrogens is 1. The summed E-state index contributed by atoms with van der Waals surface area (Å²) in [5.41, 5.74) is 2.82. The normalized spacial score (nSPS) is 16.6. The second-order valence-corrected chi connectivity index (χ2v) is 9.89. The van der Waals surface area contributed by atoms with Crippen LogP contribution in [0, 0.1) is 0 Å². The zero-order valence-electron chi connectivity index (χ0n) is 18.5. The molecular formula is C25H23N3O5S. The highest BCUT2D eigenvalue weighted by Crippen LogP contribution is 2.29. The highest BCUT2D eigenvalue weighted by atomic mass is 32.2. The number of benzene rings is 3. The number of hydrogen-bond acceptors (Lipinski definition) is 6. The third-order valence-corrected chi connectivity index (χ3v) is 7.79. The summed E-state index contributed by atoms with van der Waals surface area (Å²) in [4.78, 5) is 17.6. The Hall–Kier alpha value is -3.69. The van der Waals surface area contributed by atoms with Crippen LogP contribution < -0.4 is 10.1 Å². The van der Waals surface area contributed by atoms with E-state index in [1.807, 2.05) is 24.3 Å². The Bertz CT molecular complexity index is 1400. The van der Waals surface area contributed by atoms with Gasteiger partial charge in [-0.05, 0) is 73.5 Å². The van der Waals surface area contributed by atoms with Crippen LogP contribution in [0.15, 0.2) is 82.1 Å². The van der Waals surface area contributed by atoms with Crippen LogP contribution in [0.3, 0.4) is 0 Å². The maximum atomic E-state index is 13.2. The van der Waals surface area contributed by atoms with E-state index in [1.165, 1.54) is 23.5 Å². The average molecular weight is 478 g/mol. The van der Waals surface area contributed by atoms with Crippen molar-refractivity contribution in [3.63, 3.8) is 0 Å². The van der Waals surface area contributed by atoms with Gasteiger partial charge in [0.25, 0.3) is 0 Å². The molecule has 0 bridgehead atoms. The van der Waals surface area contributed by atoms with E-state index in [1.54, 1.807) is 36.4 Å². The first-order valence-electron chi connectivity index (χ1n) is 10.9. The van der Waals surface area contributed by atoms with E-state index in [2.05, 4.69) is 10.3 Å². The molecule has 174 valence electrons. The number of ether oxygens (including phenoxy) is 1. The fourth-order valence-corrected chi connectivity index (χ4v) is 5.75. The Kier molecular flexibility index (Phi) is 5.80. The van der Waals surface area contributed by atoms with Gasteiger partial charge in [0, 0.05) is 17.8 Å². The minimum absolute atomic E-state index is 0.135. The standard InChI is InChI=1S/C25H23N3O5S/c1-32-19-12-14-20(15-13-19)34(30,31)28-16-4-6-22(28)24(29)26-18-10-8-17(9-11-18)25-27-21-5-2-3-7-23(21)33-25/h2-3,5,7-15,22H,4,6,16H2,1H3,(H,26,29). The number of carbonyl (C=O) groups is 1. The molecule has 1 aliphatic rings. The van der Waals surface area contributed by atoms with Crippen LogP contribution in [0.4, 0.5) is 5.69 Å². The van der Waals surface area contributed by atoms with Crippen molar-refractivity contribution in [2.24, 2.45) is 0 Å². The number of methoxy groups -OCH3 is 1. The van der Waals surface area contributed by atoms with E-state index in [0.717, 1.165) is 11.1 Å². The quantitative estimate of drug-likeness (QED) is 0.444. The van der Waals surface area contributed by atoms with Crippen LogP contribution >= 0.6 is 0 Å². The molecule has 1 N–H and O–H groups in total. The van der Waals surface area contributed by atoms with Crippen LogP contribution in [0.1, 0.15) is 12.8 Å².